The molecule has 0 heterocycles. The van der Waals surface area contributed by atoms with Crippen LogP contribution in [-0.4, -0.2) is 5.78 Å². The standard InChI is InChI=1S/C13H24O/c1-3-4-5-6-7-8-9-10-11-12-13(2)14/h9-10H,3-8,11-12H2,1-2H3/b10-9-. The van der Waals surface area contributed by atoms with Gasteiger partial charge in [-0.2, -0.15) is 0 Å². The van der Waals surface area contributed by atoms with E-state index in [4.69, 9.17) is 0 Å². The Morgan fingerprint density at radius 1 is 1.00 bits per heavy atom. The molecule has 0 amide bonds. The maximum absolute atomic E-state index is 10.6. The van der Waals surface area contributed by atoms with Crippen LogP contribution in [-0.2, 0) is 4.79 Å². The smallest absolute Gasteiger partial charge is 0.130 e. The molecule has 0 saturated carbocycles. The molecule has 0 aromatic carbocycles. The number of carbonyl (C=O) groups is 1. The fourth-order valence-corrected chi connectivity index (χ4v) is 1.39. The number of hydrogen-bond acceptors (Lipinski definition) is 1. The van der Waals surface area contributed by atoms with Gasteiger partial charge >= 0.3 is 0 Å². The van der Waals surface area contributed by atoms with Crippen molar-refractivity contribution in [3.05, 3.63) is 12.2 Å². The molecule has 0 spiro atoms. The Balaban J connectivity index is 3.07. The van der Waals surface area contributed by atoms with Crippen molar-refractivity contribution in [2.24, 2.45) is 0 Å². The van der Waals surface area contributed by atoms with E-state index in [1.807, 2.05) is 0 Å². The molecular formula is C13H24O. The number of Topliss-reactive ketones (excluding diaryl/α,β-unsaturated/α-hetero) is 1. The molecule has 0 unspecified atom stereocenters. The highest BCUT2D eigenvalue weighted by Gasteiger charge is 1.89. The minimum Gasteiger partial charge on any atom is -0.300 e. The van der Waals surface area contributed by atoms with Crippen molar-refractivity contribution in [1.29, 1.82) is 0 Å². The summed E-state index contributed by atoms with van der Waals surface area (Å²) in [5, 5.41) is 0. The SMILES string of the molecule is CCCCCCC/C=C\CCC(C)=O. The van der Waals surface area contributed by atoms with Gasteiger partial charge in [0.1, 0.15) is 5.78 Å². The summed E-state index contributed by atoms with van der Waals surface area (Å²) in [6.45, 7) is 3.89. The molecule has 0 aromatic rings. The van der Waals surface area contributed by atoms with Gasteiger partial charge in [0.25, 0.3) is 0 Å². The molecule has 0 radical (unpaired) electrons. The van der Waals surface area contributed by atoms with Gasteiger partial charge in [-0.1, -0.05) is 44.8 Å². The second kappa shape index (κ2) is 10.5. The Morgan fingerprint density at radius 3 is 2.29 bits per heavy atom. The average Bonchev–Trinajstić information content (AvgIpc) is 2.15. The Hall–Kier alpha value is -0.590. The topological polar surface area (TPSA) is 17.1 Å². The van der Waals surface area contributed by atoms with Gasteiger partial charge in [-0.25, -0.2) is 0 Å². The summed E-state index contributed by atoms with van der Waals surface area (Å²) in [6, 6.07) is 0. The molecule has 1 heteroatoms. The van der Waals surface area contributed by atoms with E-state index in [-0.39, 0.29) is 5.78 Å². The number of allylic oxidation sites excluding steroid dienone is 2. The average molecular weight is 196 g/mol. The van der Waals surface area contributed by atoms with Crippen LogP contribution in [0, 0.1) is 0 Å². The van der Waals surface area contributed by atoms with Gasteiger partial charge in [0.15, 0.2) is 0 Å². The van der Waals surface area contributed by atoms with Crippen LogP contribution in [0.1, 0.15) is 65.2 Å². The molecule has 0 aliphatic heterocycles. The highest BCUT2D eigenvalue weighted by Crippen LogP contribution is 2.05. The van der Waals surface area contributed by atoms with Crippen molar-refractivity contribution in [1.82, 2.24) is 0 Å². The lowest BCUT2D eigenvalue weighted by Gasteiger charge is -1.95. The first-order chi connectivity index (χ1) is 6.77. The van der Waals surface area contributed by atoms with E-state index >= 15 is 0 Å². The summed E-state index contributed by atoms with van der Waals surface area (Å²) in [5.41, 5.74) is 0. The van der Waals surface area contributed by atoms with Crippen molar-refractivity contribution >= 4 is 5.78 Å². The van der Waals surface area contributed by atoms with Gasteiger partial charge in [0, 0.05) is 6.42 Å². The Morgan fingerprint density at radius 2 is 1.64 bits per heavy atom. The third-order valence-corrected chi connectivity index (χ3v) is 2.30. The van der Waals surface area contributed by atoms with Gasteiger partial charge in [-0.05, 0) is 26.2 Å². The lowest BCUT2D eigenvalue weighted by atomic mass is 10.1. The molecule has 0 rings (SSSR count). The van der Waals surface area contributed by atoms with Gasteiger partial charge in [0.05, 0.1) is 0 Å². The van der Waals surface area contributed by atoms with Crippen LogP contribution in [0.2, 0.25) is 0 Å². The van der Waals surface area contributed by atoms with Crippen molar-refractivity contribution in [3.63, 3.8) is 0 Å². The zero-order chi connectivity index (χ0) is 10.6. The van der Waals surface area contributed by atoms with Crippen LogP contribution in [0.5, 0.6) is 0 Å². The predicted octanol–water partition coefficient (Wildman–Crippen LogP) is 4.27. The van der Waals surface area contributed by atoms with Gasteiger partial charge in [-0.15, -0.1) is 0 Å². The number of carbonyl (C=O) groups excluding carboxylic acids is 1. The maximum atomic E-state index is 10.6. The second-order valence-corrected chi connectivity index (χ2v) is 3.91. The van der Waals surface area contributed by atoms with Crippen LogP contribution >= 0.6 is 0 Å². The summed E-state index contributed by atoms with van der Waals surface area (Å²) < 4.78 is 0. The van der Waals surface area contributed by atoms with Crippen LogP contribution in [0.3, 0.4) is 0 Å². The van der Waals surface area contributed by atoms with Crippen LogP contribution in [0.4, 0.5) is 0 Å². The maximum Gasteiger partial charge on any atom is 0.130 e. The molecule has 0 N–H and O–H groups in total. The van der Waals surface area contributed by atoms with E-state index in [2.05, 4.69) is 19.1 Å². The van der Waals surface area contributed by atoms with E-state index < -0.39 is 0 Å². The molecule has 0 atom stereocenters. The minimum atomic E-state index is 0.289. The van der Waals surface area contributed by atoms with E-state index in [1.165, 1.54) is 38.5 Å². The molecular weight excluding hydrogens is 172 g/mol. The highest BCUT2D eigenvalue weighted by molar-refractivity contribution is 5.75. The molecule has 0 fully saturated rings. The van der Waals surface area contributed by atoms with E-state index in [1.54, 1.807) is 6.92 Å². The molecule has 0 aromatic heterocycles. The molecule has 0 aliphatic carbocycles. The first-order valence-electron chi connectivity index (χ1n) is 5.91. The van der Waals surface area contributed by atoms with Crippen molar-refractivity contribution in [2.45, 2.75) is 65.2 Å². The second-order valence-electron chi connectivity index (χ2n) is 3.91. The fourth-order valence-electron chi connectivity index (χ4n) is 1.39. The van der Waals surface area contributed by atoms with E-state index in [0.29, 0.717) is 6.42 Å². The zero-order valence-corrected chi connectivity index (χ0v) is 9.72. The number of rotatable bonds is 9. The Labute approximate surface area is 88.6 Å². The number of hydrogen-bond donors (Lipinski definition) is 0. The van der Waals surface area contributed by atoms with Crippen LogP contribution in [0.15, 0.2) is 12.2 Å². The largest absolute Gasteiger partial charge is 0.300 e. The lowest BCUT2D eigenvalue weighted by molar-refractivity contribution is -0.116. The summed E-state index contributed by atoms with van der Waals surface area (Å²) in [5.74, 6) is 0.289. The molecule has 1 nitrogen and oxygen atoms in total. The number of ketones is 1. The van der Waals surface area contributed by atoms with Crippen molar-refractivity contribution in [2.75, 3.05) is 0 Å². The highest BCUT2D eigenvalue weighted by atomic mass is 16.1. The number of unbranched alkanes of at least 4 members (excludes halogenated alkanes) is 5. The fraction of sp³-hybridized carbons (Fsp3) is 0.769. The third-order valence-electron chi connectivity index (χ3n) is 2.30. The Bertz CT molecular complexity index is 159. The third kappa shape index (κ3) is 11.4. The first kappa shape index (κ1) is 13.4. The molecule has 0 bridgehead atoms. The summed E-state index contributed by atoms with van der Waals surface area (Å²) >= 11 is 0. The van der Waals surface area contributed by atoms with Gasteiger partial charge in [-0.3, -0.25) is 0 Å². The molecule has 82 valence electrons. The quantitative estimate of drug-likeness (QED) is 0.397. The van der Waals surface area contributed by atoms with Crippen LogP contribution < -0.4 is 0 Å². The first-order valence-corrected chi connectivity index (χ1v) is 5.91. The summed E-state index contributed by atoms with van der Waals surface area (Å²) in [7, 11) is 0. The van der Waals surface area contributed by atoms with Crippen LogP contribution in [0.25, 0.3) is 0 Å². The minimum absolute atomic E-state index is 0.289. The lowest BCUT2D eigenvalue weighted by Crippen LogP contribution is -1.86. The summed E-state index contributed by atoms with van der Waals surface area (Å²) in [6.07, 6.45) is 13.9. The van der Waals surface area contributed by atoms with E-state index in [0.717, 1.165) is 6.42 Å². The zero-order valence-electron chi connectivity index (χ0n) is 9.72. The van der Waals surface area contributed by atoms with Crippen molar-refractivity contribution < 1.29 is 4.79 Å². The monoisotopic (exact) mass is 196 g/mol. The normalized spacial score (nSPS) is 11.0. The molecule has 0 aliphatic rings. The molecule has 0 saturated heterocycles. The van der Waals surface area contributed by atoms with Gasteiger partial charge < -0.3 is 4.79 Å². The Kier molecular flexibility index (Phi) is 10.0. The van der Waals surface area contributed by atoms with Gasteiger partial charge in [0.2, 0.25) is 0 Å². The predicted molar refractivity (Wildman–Crippen MR) is 62.4 cm³/mol. The van der Waals surface area contributed by atoms with E-state index in [9.17, 15) is 4.79 Å². The summed E-state index contributed by atoms with van der Waals surface area (Å²) in [4.78, 5) is 10.6. The van der Waals surface area contributed by atoms with Crippen molar-refractivity contribution in [3.8, 4) is 0 Å². The molecule has 14 heavy (non-hydrogen) atoms.